The smallest absolute Gasteiger partial charge is 0.130 e. The minimum absolute atomic E-state index is 0.328. The van der Waals surface area contributed by atoms with Gasteiger partial charge in [-0.15, -0.1) is 0 Å². The number of allylic oxidation sites excluding steroid dienone is 3. The molecule has 0 aliphatic heterocycles. The van der Waals surface area contributed by atoms with E-state index in [4.69, 9.17) is 4.42 Å². The molecule has 2 heteroatoms. The second kappa shape index (κ2) is 14.0. The maximum Gasteiger partial charge on any atom is 0.130 e. The van der Waals surface area contributed by atoms with Gasteiger partial charge in [0.05, 0.1) is 0 Å². The minimum atomic E-state index is 0.328. The summed E-state index contributed by atoms with van der Waals surface area (Å²) >= 11 is 0. The third-order valence-corrected chi connectivity index (χ3v) is 12.0. The maximum atomic E-state index is 6.82. The first-order valence-electron chi connectivity index (χ1n) is 19.5. The van der Waals surface area contributed by atoms with E-state index in [0.29, 0.717) is 17.8 Å². The van der Waals surface area contributed by atoms with Crippen molar-refractivity contribution in [1.29, 1.82) is 0 Å². The molecular formula is C52H43NO. The van der Waals surface area contributed by atoms with Crippen LogP contribution in [0, 0.1) is 5.92 Å². The standard InChI is InChI=1S/C52H43NO/c1-4-12-36(13-5-1)39-20-27-43(28-21-39)53(44-29-22-40(23-30-44)37-14-6-2-7-15-37)45-31-24-41(25-32-45)49-35-50-47-33-26-42(38-16-8-3-9-17-38)34-51(47)54-52(50)48-19-11-10-18-46(48)49/h1-9,11-17,19-25,27-32,34,46,48-49H,10,18,26,33,35H2. The summed E-state index contributed by atoms with van der Waals surface area (Å²) in [5.41, 5.74) is 15.4. The van der Waals surface area contributed by atoms with E-state index in [0.717, 1.165) is 48.5 Å². The second-order valence-electron chi connectivity index (χ2n) is 15.1. The summed E-state index contributed by atoms with van der Waals surface area (Å²) in [5, 5.41) is 0. The molecule has 3 atom stereocenters. The highest BCUT2D eigenvalue weighted by molar-refractivity contribution is 5.84. The number of rotatable bonds is 7. The van der Waals surface area contributed by atoms with Crippen LogP contribution in [0.2, 0.25) is 0 Å². The van der Waals surface area contributed by atoms with Crippen molar-refractivity contribution < 1.29 is 4.42 Å². The van der Waals surface area contributed by atoms with Gasteiger partial charge in [0, 0.05) is 28.5 Å². The Bertz CT molecular complexity index is 2350. The van der Waals surface area contributed by atoms with Gasteiger partial charge < -0.3 is 9.32 Å². The molecule has 262 valence electrons. The number of nitrogens with zero attached hydrogens (tertiary/aromatic N) is 1. The molecule has 0 spiro atoms. The van der Waals surface area contributed by atoms with Gasteiger partial charge in [-0.25, -0.2) is 0 Å². The van der Waals surface area contributed by atoms with Crippen LogP contribution in [0.25, 0.3) is 33.9 Å². The van der Waals surface area contributed by atoms with Crippen molar-refractivity contribution in [2.45, 2.75) is 43.9 Å². The van der Waals surface area contributed by atoms with Gasteiger partial charge in [-0.1, -0.05) is 140 Å². The van der Waals surface area contributed by atoms with Gasteiger partial charge >= 0.3 is 0 Å². The second-order valence-corrected chi connectivity index (χ2v) is 15.1. The van der Waals surface area contributed by atoms with Gasteiger partial charge in [-0.2, -0.15) is 0 Å². The number of furan rings is 1. The zero-order valence-electron chi connectivity index (χ0n) is 30.4. The highest BCUT2D eigenvalue weighted by atomic mass is 16.3. The first-order valence-corrected chi connectivity index (χ1v) is 19.5. The summed E-state index contributed by atoms with van der Waals surface area (Å²) in [6.45, 7) is 0. The third-order valence-electron chi connectivity index (χ3n) is 12.0. The molecule has 0 amide bonds. The number of benzene rings is 6. The molecule has 0 saturated carbocycles. The Morgan fingerprint density at radius 2 is 1.02 bits per heavy atom. The van der Waals surface area contributed by atoms with Crippen LogP contribution < -0.4 is 4.90 Å². The van der Waals surface area contributed by atoms with Crippen molar-refractivity contribution in [3.8, 4) is 22.3 Å². The first-order chi connectivity index (χ1) is 26.8. The van der Waals surface area contributed by atoms with Crippen LogP contribution in [0.3, 0.4) is 0 Å². The van der Waals surface area contributed by atoms with Crippen LogP contribution >= 0.6 is 0 Å². The largest absolute Gasteiger partial charge is 0.460 e. The van der Waals surface area contributed by atoms with E-state index in [2.05, 4.69) is 187 Å². The van der Waals surface area contributed by atoms with Gasteiger partial charge in [-0.05, 0) is 131 Å². The van der Waals surface area contributed by atoms with Gasteiger partial charge in [-0.3, -0.25) is 0 Å². The molecule has 0 N–H and O–H groups in total. The van der Waals surface area contributed by atoms with Crippen molar-refractivity contribution >= 4 is 28.7 Å². The van der Waals surface area contributed by atoms with Crippen LogP contribution in [0.5, 0.6) is 0 Å². The van der Waals surface area contributed by atoms with Crippen molar-refractivity contribution in [2.75, 3.05) is 4.90 Å². The molecule has 10 rings (SSSR count). The van der Waals surface area contributed by atoms with E-state index in [1.807, 2.05) is 0 Å². The van der Waals surface area contributed by atoms with Crippen LogP contribution in [-0.2, 0) is 12.8 Å². The Balaban J connectivity index is 0.992. The van der Waals surface area contributed by atoms with E-state index in [-0.39, 0.29) is 0 Å². The average Bonchev–Trinajstić information content (AvgIpc) is 3.63. The lowest BCUT2D eigenvalue weighted by molar-refractivity contribution is 0.291. The zero-order chi connectivity index (χ0) is 35.8. The summed E-state index contributed by atoms with van der Waals surface area (Å²) in [6.07, 6.45) is 12.6. The van der Waals surface area contributed by atoms with Gasteiger partial charge in [0.25, 0.3) is 0 Å². The molecule has 3 aliphatic rings. The van der Waals surface area contributed by atoms with E-state index in [1.54, 1.807) is 0 Å². The monoisotopic (exact) mass is 697 g/mol. The van der Waals surface area contributed by atoms with E-state index in [9.17, 15) is 0 Å². The fourth-order valence-electron chi connectivity index (χ4n) is 9.30. The first kappa shape index (κ1) is 32.5. The summed E-state index contributed by atoms with van der Waals surface area (Å²) < 4.78 is 6.82. The zero-order valence-corrected chi connectivity index (χ0v) is 30.4. The molecule has 0 saturated heterocycles. The third kappa shape index (κ3) is 6.02. The topological polar surface area (TPSA) is 16.4 Å². The number of fused-ring (bicyclic) bond motifs is 5. The molecule has 0 radical (unpaired) electrons. The molecule has 2 nitrogen and oxygen atoms in total. The maximum absolute atomic E-state index is 6.82. The van der Waals surface area contributed by atoms with Gasteiger partial charge in [0.2, 0.25) is 0 Å². The normalized spacial score (nSPS) is 18.6. The van der Waals surface area contributed by atoms with Crippen LogP contribution in [-0.4, -0.2) is 0 Å². The van der Waals surface area contributed by atoms with Gasteiger partial charge in [0.15, 0.2) is 0 Å². The summed E-state index contributed by atoms with van der Waals surface area (Å²) in [7, 11) is 0. The van der Waals surface area contributed by atoms with Crippen molar-refractivity contribution in [3.63, 3.8) is 0 Å². The Hall–Kier alpha value is -6.12. The summed E-state index contributed by atoms with van der Waals surface area (Å²) in [6, 6.07) is 59.5. The Morgan fingerprint density at radius 3 is 1.59 bits per heavy atom. The lowest BCUT2D eigenvalue weighted by atomic mass is 9.65. The molecule has 1 aromatic heterocycles. The van der Waals surface area contributed by atoms with Crippen molar-refractivity contribution in [2.24, 2.45) is 5.92 Å². The lowest BCUT2D eigenvalue weighted by Gasteiger charge is -2.38. The summed E-state index contributed by atoms with van der Waals surface area (Å²) in [5.74, 6) is 3.63. The molecule has 54 heavy (non-hydrogen) atoms. The Labute approximate surface area is 318 Å². The quantitative estimate of drug-likeness (QED) is 0.154. The number of anilines is 3. The minimum Gasteiger partial charge on any atom is -0.460 e. The molecule has 7 aromatic rings. The van der Waals surface area contributed by atoms with Crippen LogP contribution in [0.15, 0.2) is 180 Å². The van der Waals surface area contributed by atoms with E-state index < -0.39 is 0 Å². The Morgan fingerprint density at radius 1 is 0.500 bits per heavy atom. The predicted molar refractivity (Wildman–Crippen MR) is 224 cm³/mol. The molecule has 0 bridgehead atoms. The van der Waals surface area contributed by atoms with E-state index >= 15 is 0 Å². The summed E-state index contributed by atoms with van der Waals surface area (Å²) in [4.78, 5) is 2.39. The SMILES string of the molecule is C1=CC2c3oc4c(c3CC(c3ccc(N(c5ccc(-c6ccccc6)cc5)c5ccc(-c6ccccc6)cc5)cc3)C2CC1)CCC(c1ccccc1)=C4. The average molecular weight is 698 g/mol. The molecule has 0 fully saturated rings. The highest BCUT2D eigenvalue weighted by Crippen LogP contribution is 2.53. The lowest BCUT2D eigenvalue weighted by Crippen LogP contribution is -2.28. The number of hydrogen-bond acceptors (Lipinski definition) is 2. The highest BCUT2D eigenvalue weighted by Gasteiger charge is 2.41. The molecular weight excluding hydrogens is 655 g/mol. The van der Waals surface area contributed by atoms with Crippen LogP contribution in [0.4, 0.5) is 17.1 Å². The molecule has 1 heterocycles. The predicted octanol–water partition coefficient (Wildman–Crippen LogP) is 14.0. The van der Waals surface area contributed by atoms with Crippen molar-refractivity contribution in [1.82, 2.24) is 0 Å². The molecule has 3 aliphatic carbocycles. The van der Waals surface area contributed by atoms with Crippen molar-refractivity contribution in [3.05, 3.63) is 210 Å². The molecule has 3 unspecified atom stereocenters. The van der Waals surface area contributed by atoms with E-state index in [1.165, 1.54) is 62.3 Å². The van der Waals surface area contributed by atoms with Crippen LogP contribution in [0.1, 0.15) is 64.9 Å². The molecule has 6 aromatic carbocycles. The Kier molecular flexibility index (Phi) is 8.45. The fourth-order valence-corrected chi connectivity index (χ4v) is 9.30. The fraction of sp³-hybridized carbons (Fsp3) is 0.154. The number of hydrogen-bond donors (Lipinski definition) is 0. The van der Waals surface area contributed by atoms with Gasteiger partial charge in [0.1, 0.15) is 11.5 Å².